The Morgan fingerprint density at radius 2 is 1.40 bits per heavy atom. The van der Waals surface area contributed by atoms with Crippen LogP contribution in [0.2, 0.25) is 0 Å². The summed E-state index contributed by atoms with van der Waals surface area (Å²) >= 11 is 0. The van der Waals surface area contributed by atoms with Crippen molar-refractivity contribution in [2.75, 3.05) is 13.7 Å². The van der Waals surface area contributed by atoms with Crippen LogP contribution >= 0.6 is 0 Å². The van der Waals surface area contributed by atoms with Gasteiger partial charge in [-0.25, -0.2) is 0 Å². The Morgan fingerprint density at radius 3 is 2.07 bits per heavy atom. The van der Waals surface area contributed by atoms with Gasteiger partial charge in [-0.3, -0.25) is 9.59 Å². The van der Waals surface area contributed by atoms with Crippen LogP contribution in [0.15, 0.2) is 103 Å². The summed E-state index contributed by atoms with van der Waals surface area (Å²) in [5.74, 6) is 0.141. The maximum Gasteiger partial charge on any atom is 0.251 e. The van der Waals surface area contributed by atoms with E-state index < -0.39 is 12.1 Å². The maximum absolute atomic E-state index is 13.4. The molecule has 224 valence electrons. The fraction of sp³-hybridized carbons (Fsp3) is 0.278. The van der Waals surface area contributed by atoms with E-state index >= 15 is 0 Å². The minimum atomic E-state index is -0.876. The lowest BCUT2D eigenvalue weighted by Gasteiger charge is -2.26. The van der Waals surface area contributed by atoms with Crippen molar-refractivity contribution in [1.29, 1.82) is 0 Å². The average Bonchev–Trinajstić information content (AvgIpc) is 3.03. The van der Waals surface area contributed by atoms with Crippen LogP contribution in [0.3, 0.4) is 0 Å². The predicted molar refractivity (Wildman–Crippen MR) is 170 cm³/mol. The second-order valence-electron chi connectivity index (χ2n) is 10.9. The van der Waals surface area contributed by atoms with Gasteiger partial charge in [-0.05, 0) is 74.2 Å². The van der Waals surface area contributed by atoms with Gasteiger partial charge in [-0.1, -0.05) is 78.4 Å². The van der Waals surface area contributed by atoms with Gasteiger partial charge in [0.15, 0.2) is 0 Å². The Bertz CT molecular complexity index is 1490. The van der Waals surface area contributed by atoms with Crippen molar-refractivity contribution in [3.63, 3.8) is 0 Å². The van der Waals surface area contributed by atoms with Crippen LogP contribution in [0.1, 0.15) is 68.9 Å². The highest BCUT2D eigenvalue weighted by Gasteiger charge is 2.24. The van der Waals surface area contributed by atoms with Crippen LogP contribution in [0, 0.1) is 6.92 Å². The molecule has 0 aromatic heterocycles. The first-order chi connectivity index (χ1) is 20.7. The lowest BCUT2D eigenvalue weighted by molar-refractivity contribution is 0.0825. The quantitative estimate of drug-likeness (QED) is 0.167. The molecule has 0 saturated carbocycles. The minimum Gasteiger partial charge on any atom is -0.497 e. The molecule has 4 rings (SSSR count). The zero-order chi connectivity index (χ0) is 30.8. The molecule has 43 heavy (non-hydrogen) atoms. The standard InChI is InChI=1S/C36H41N3O4/c1-24-16-18-28(19-17-24)26(3)38-35(41)30-13-8-14-31(21-30)36(42)39-33(20-27-10-6-5-7-11-27)34(40)23-37-25(2)29-12-9-15-32(22-29)43-4/h5-19,21-22,25-26,33-34,37,40H,20,23H2,1-4H3,(H,38,41)(H,39,42)/t25-,26-,33+,34-/m1/s1. The zero-order valence-electron chi connectivity index (χ0n) is 25.2. The molecule has 0 aliphatic carbocycles. The van der Waals surface area contributed by atoms with E-state index in [0.29, 0.717) is 17.5 Å². The maximum atomic E-state index is 13.4. The van der Waals surface area contributed by atoms with E-state index in [1.54, 1.807) is 31.4 Å². The number of carbonyl (C=O) groups excluding carboxylic acids is 2. The van der Waals surface area contributed by atoms with Gasteiger partial charge in [-0.15, -0.1) is 0 Å². The van der Waals surface area contributed by atoms with Crippen molar-refractivity contribution in [2.24, 2.45) is 0 Å². The monoisotopic (exact) mass is 579 g/mol. The highest BCUT2D eigenvalue weighted by Crippen LogP contribution is 2.19. The van der Waals surface area contributed by atoms with E-state index in [1.807, 2.05) is 99.6 Å². The molecule has 7 nitrogen and oxygen atoms in total. The highest BCUT2D eigenvalue weighted by atomic mass is 16.5. The normalized spacial score (nSPS) is 13.8. The molecular formula is C36H41N3O4. The Hall–Kier alpha value is -4.46. The Balaban J connectivity index is 1.44. The van der Waals surface area contributed by atoms with Crippen molar-refractivity contribution in [2.45, 2.75) is 51.4 Å². The molecule has 0 fully saturated rings. The van der Waals surface area contributed by atoms with Gasteiger partial charge in [-0.2, -0.15) is 0 Å². The molecule has 4 N–H and O–H groups in total. The molecular weight excluding hydrogens is 538 g/mol. The van der Waals surface area contributed by atoms with Crippen LogP contribution in [-0.2, 0) is 6.42 Å². The van der Waals surface area contributed by atoms with Gasteiger partial charge in [0.2, 0.25) is 0 Å². The van der Waals surface area contributed by atoms with Crippen LogP contribution in [-0.4, -0.2) is 42.7 Å². The van der Waals surface area contributed by atoms with Crippen LogP contribution in [0.4, 0.5) is 0 Å². The van der Waals surface area contributed by atoms with Crippen molar-refractivity contribution < 1.29 is 19.4 Å². The number of hydrogen-bond donors (Lipinski definition) is 4. The minimum absolute atomic E-state index is 0.0460. The van der Waals surface area contributed by atoms with Crippen molar-refractivity contribution in [1.82, 2.24) is 16.0 Å². The molecule has 0 unspecified atom stereocenters. The molecule has 2 amide bonds. The lowest BCUT2D eigenvalue weighted by Crippen LogP contribution is -2.49. The first kappa shape index (κ1) is 31.5. The topological polar surface area (TPSA) is 99.7 Å². The predicted octanol–water partition coefficient (Wildman–Crippen LogP) is 5.55. The number of ether oxygens (including phenoxy) is 1. The van der Waals surface area contributed by atoms with E-state index in [2.05, 4.69) is 16.0 Å². The lowest BCUT2D eigenvalue weighted by atomic mass is 9.99. The summed E-state index contributed by atoms with van der Waals surface area (Å²) in [4.78, 5) is 26.5. The number of methoxy groups -OCH3 is 1. The van der Waals surface area contributed by atoms with E-state index in [1.165, 1.54) is 0 Å². The molecule has 4 aromatic carbocycles. The molecule has 0 spiro atoms. The molecule has 0 saturated heterocycles. The summed E-state index contributed by atoms with van der Waals surface area (Å²) in [6.45, 7) is 6.22. The molecule has 4 atom stereocenters. The van der Waals surface area contributed by atoms with E-state index in [-0.39, 0.29) is 30.4 Å². The summed E-state index contributed by atoms with van der Waals surface area (Å²) in [6, 6.07) is 31.4. The smallest absolute Gasteiger partial charge is 0.251 e. The Kier molecular flexibility index (Phi) is 11.1. The van der Waals surface area contributed by atoms with Crippen LogP contribution in [0.5, 0.6) is 5.75 Å². The third-order valence-electron chi connectivity index (χ3n) is 7.62. The largest absolute Gasteiger partial charge is 0.497 e. The highest BCUT2D eigenvalue weighted by molar-refractivity contribution is 5.99. The van der Waals surface area contributed by atoms with Crippen molar-refractivity contribution in [3.05, 3.63) is 137 Å². The van der Waals surface area contributed by atoms with Gasteiger partial charge in [0, 0.05) is 23.7 Å². The average molecular weight is 580 g/mol. The van der Waals surface area contributed by atoms with Gasteiger partial charge in [0.05, 0.1) is 25.3 Å². The van der Waals surface area contributed by atoms with Gasteiger partial charge in [0.25, 0.3) is 11.8 Å². The van der Waals surface area contributed by atoms with Crippen LogP contribution in [0.25, 0.3) is 0 Å². The molecule has 0 radical (unpaired) electrons. The molecule has 0 heterocycles. The molecule has 0 bridgehead atoms. The summed E-state index contributed by atoms with van der Waals surface area (Å²) in [5.41, 5.74) is 4.91. The summed E-state index contributed by atoms with van der Waals surface area (Å²) in [7, 11) is 1.63. The van der Waals surface area contributed by atoms with E-state index in [0.717, 1.165) is 28.0 Å². The number of aliphatic hydroxyl groups is 1. The SMILES string of the molecule is COc1cccc([C@@H](C)NC[C@@H](O)[C@H](Cc2ccccc2)NC(=O)c2cccc(C(=O)N[C@H](C)c3ccc(C)cc3)c2)c1. The fourth-order valence-corrected chi connectivity index (χ4v) is 4.89. The number of benzene rings is 4. The molecule has 0 aliphatic heterocycles. The number of carbonyl (C=O) groups is 2. The third kappa shape index (κ3) is 9.01. The van der Waals surface area contributed by atoms with Gasteiger partial charge >= 0.3 is 0 Å². The first-order valence-corrected chi connectivity index (χ1v) is 14.6. The van der Waals surface area contributed by atoms with Gasteiger partial charge in [0.1, 0.15) is 5.75 Å². The summed E-state index contributed by atoms with van der Waals surface area (Å²) in [6.07, 6.45) is -0.434. The number of hydrogen-bond acceptors (Lipinski definition) is 5. The van der Waals surface area contributed by atoms with Gasteiger partial charge < -0.3 is 25.8 Å². The van der Waals surface area contributed by atoms with E-state index in [4.69, 9.17) is 4.74 Å². The molecule has 7 heteroatoms. The molecule has 0 aliphatic rings. The van der Waals surface area contributed by atoms with Crippen molar-refractivity contribution in [3.8, 4) is 5.75 Å². The number of rotatable bonds is 13. The number of aryl methyl sites for hydroxylation is 1. The second-order valence-corrected chi connectivity index (χ2v) is 10.9. The third-order valence-corrected chi connectivity index (χ3v) is 7.62. The summed E-state index contributed by atoms with van der Waals surface area (Å²) < 4.78 is 5.34. The van der Waals surface area contributed by atoms with E-state index in [9.17, 15) is 14.7 Å². The fourth-order valence-electron chi connectivity index (χ4n) is 4.89. The number of amides is 2. The Morgan fingerprint density at radius 1 is 0.744 bits per heavy atom. The zero-order valence-corrected chi connectivity index (χ0v) is 25.2. The second kappa shape index (κ2) is 15.1. The molecule has 4 aromatic rings. The number of aliphatic hydroxyl groups excluding tert-OH is 1. The Labute approximate surface area is 254 Å². The first-order valence-electron chi connectivity index (χ1n) is 14.6. The number of nitrogens with one attached hydrogen (secondary N) is 3. The van der Waals surface area contributed by atoms with Crippen molar-refractivity contribution >= 4 is 11.8 Å². The van der Waals surface area contributed by atoms with Crippen LogP contribution < -0.4 is 20.7 Å². The summed E-state index contributed by atoms with van der Waals surface area (Å²) in [5, 5.41) is 20.7.